The zero-order chi connectivity index (χ0) is 23.0. The molecule has 2 aromatic carbocycles. The van der Waals surface area contributed by atoms with E-state index in [-0.39, 0.29) is 15.4 Å². The number of nitro groups is 1. The van der Waals surface area contributed by atoms with Crippen molar-refractivity contribution in [1.29, 1.82) is 0 Å². The van der Waals surface area contributed by atoms with Gasteiger partial charge in [0.05, 0.1) is 15.4 Å². The van der Waals surface area contributed by atoms with Crippen LogP contribution < -0.4 is 0 Å². The highest BCUT2D eigenvalue weighted by Gasteiger charge is 2.39. The molecule has 0 aromatic heterocycles. The number of nitrogens with zero attached hydrogens (tertiary/aromatic N) is 1. The number of halogens is 3. The summed E-state index contributed by atoms with van der Waals surface area (Å²) in [4.78, 5) is 35.1. The van der Waals surface area contributed by atoms with Crippen molar-refractivity contribution in [1.82, 2.24) is 0 Å². The van der Waals surface area contributed by atoms with Gasteiger partial charge in [-0.25, -0.2) is 9.59 Å². The molecule has 0 radical (unpaired) electrons. The molecule has 0 bridgehead atoms. The molecule has 0 N–H and O–H groups in total. The van der Waals surface area contributed by atoms with Crippen LogP contribution in [0.3, 0.4) is 0 Å². The van der Waals surface area contributed by atoms with Crippen molar-refractivity contribution in [2.45, 2.75) is 35.6 Å². The van der Waals surface area contributed by atoms with E-state index in [1.54, 1.807) is 0 Å². The van der Waals surface area contributed by atoms with E-state index in [9.17, 15) is 32.9 Å². The summed E-state index contributed by atoms with van der Waals surface area (Å²) in [6.07, 6.45) is -3.46. The topological polar surface area (TPSA) is 95.7 Å². The zero-order valence-corrected chi connectivity index (χ0v) is 16.9. The molecule has 0 atom stereocenters. The molecule has 0 amide bonds. The zero-order valence-electron chi connectivity index (χ0n) is 16.1. The molecule has 1 heterocycles. The van der Waals surface area contributed by atoms with Gasteiger partial charge in [-0.1, -0.05) is 23.9 Å². The molecule has 0 saturated carbocycles. The van der Waals surface area contributed by atoms with Crippen molar-refractivity contribution in [3.63, 3.8) is 0 Å². The van der Waals surface area contributed by atoms with E-state index in [0.29, 0.717) is 0 Å². The third-order valence-electron chi connectivity index (χ3n) is 4.00. The van der Waals surface area contributed by atoms with Crippen molar-refractivity contribution in [3.05, 3.63) is 69.3 Å². The molecule has 0 aliphatic carbocycles. The maximum atomic E-state index is 12.9. The SMILES string of the molecule is CC1(C)OC(=O)C(=Cc2ccc(Sc3cccc(C(F)(F)F)c3)c([N+](=O)[O-])c2)C(=O)O1. The second-order valence-corrected chi connectivity index (χ2v) is 7.96. The Morgan fingerprint density at radius 1 is 1.06 bits per heavy atom. The Morgan fingerprint density at radius 3 is 2.29 bits per heavy atom. The molecular weight excluding hydrogens is 439 g/mol. The average Bonchev–Trinajstić information content (AvgIpc) is 2.64. The lowest BCUT2D eigenvalue weighted by molar-refractivity contribution is -0.387. The first-order valence-electron chi connectivity index (χ1n) is 8.68. The van der Waals surface area contributed by atoms with E-state index in [1.165, 1.54) is 38.1 Å². The van der Waals surface area contributed by atoms with Gasteiger partial charge in [0.25, 0.3) is 11.5 Å². The molecule has 0 unspecified atom stereocenters. The predicted octanol–water partition coefficient (Wildman–Crippen LogP) is 4.98. The predicted molar refractivity (Wildman–Crippen MR) is 103 cm³/mol. The summed E-state index contributed by atoms with van der Waals surface area (Å²) in [5, 5.41) is 11.5. The lowest BCUT2D eigenvalue weighted by atomic mass is 10.1. The summed E-state index contributed by atoms with van der Waals surface area (Å²) in [7, 11) is 0. The van der Waals surface area contributed by atoms with Gasteiger partial charge in [-0.15, -0.1) is 0 Å². The highest BCUT2D eigenvalue weighted by atomic mass is 32.2. The summed E-state index contributed by atoms with van der Waals surface area (Å²) in [6.45, 7) is 2.76. The van der Waals surface area contributed by atoms with Crippen molar-refractivity contribution in [2.24, 2.45) is 0 Å². The molecular formula is C20H14F3NO6S. The number of carbonyl (C=O) groups is 2. The standard InChI is InChI=1S/C20H14F3NO6S/c1-19(2)29-17(25)14(18(26)30-19)8-11-6-7-16(15(9-11)24(27)28)31-13-5-3-4-12(10-13)20(21,22)23/h3-10H,1-2H3. The van der Waals surface area contributed by atoms with Crippen LogP contribution in [0.15, 0.2) is 57.8 Å². The van der Waals surface area contributed by atoms with E-state index in [0.717, 1.165) is 36.0 Å². The summed E-state index contributed by atoms with van der Waals surface area (Å²) < 4.78 is 48.6. The van der Waals surface area contributed by atoms with Gasteiger partial charge in [-0.05, 0) is 35.9 Å². The van der Waals surface area contributed by atoms with Crippen LogP contribution in [-0.2, 0) is 25.2 Å². The first kappa shape index (κ1) is 22.3. The summed E-state index contributed by atoms with van der Waals surface area (Å²) >= 11 is 0.783. The van der Waals surface area contributed by atoms with Gasteiger partial charge < -0.3 is 9.47 Å². The normalized spacial score (nSPS) is 15.8. The minimum atomic E-state index is -4.55. The first-order valence-corrected chi connectivity index (χ1v) is 9.49. The molecule has 0 spiro atoms. The number of alkyl halides is 3. The Balaban J connectivity index is 1.93. The maximum absolute atomic E-state index is 12.9. The van der Waals surface area contributed by atoms with Crippen LogP contribution in [0, 0.1) is 10.1 Å². The largest absolute Gasteiger partial charge is 0.419 e. The van der Waals surface area contributed by atoms with Gasteiger partial charge in [-0.2, -0.15) is 13.2 Å². The van der Waals surface area contributed by atoms with Gasteiger partial charge >= 0.3 is 18.1 Å². The Bertz CT molecular complexity index is 1090. The lowest BCUT2D eigenvalue weighted by Crippen LogP contribution is -2.41. The van der Waals surface area contributed by atoms with Gasteiger partial charge in [0, 0.05) is 24.8 Å². The van der Waals surface area contributed by atoms with E-state index in [2.05, 4.69) is 0 Å². The van der Waals surface area contributed by atoms with Gasteiger partial charge in [0.2, 0.25) is 0 Å². The van der Waals surface area contributed by atoms with Gasteiger partial charge in [-0.3, -0.25) is 10.1 Å². The van der Waals surface area contributed by atoms with E-state index in [1.807, 2.05) is 0 Å². The van der Waals surface area contributed by atoms with E-state index in [4.69, 9.17) is 9.47 Å². The molecule has 162 valence electrons. The van der Waals surface area contributed by atoms with Crippen molar-refractivity contribution < 1.29 is 37.2 Å². The highest BCUT2D eigenvalue weighted by molar-refractivity contribution is 7.99. The number of nitro benzene ring substituents is 1. The second kappa shape index (κ2) is 8.06. The molecule has 31 heavy (non-hydrogen) atoms. The number of cyclic esters (lactones) is 2. The Kier molecular flexibility index (Phi) is 5.81. The molecule has 2 aromatic rings. The monoisotopic (exact) mass is 453 g/mol. The molecule has 1 aliphatic heterocycles. The smallest absolute Gasteiger partial charge is 0.416 e. The number of carbonyl (C=O) groups excluding carboxylic acids is 2. The van der Waals surface area contributed by atoms with Crippen LogP contribution in [0.4, 0.5) is 18.9 Å². The first-order chi connectivity index (χ1) is 14.4. The van der Waals surface area contributed by atoms with Crippen molar-refractivity contribution >= 4 is 35.5 Å². The number of hydrogen-bond donors (Lipinski definition) is 0. The van der Waals surface area contributed by atoms with E-state index < -0.39 is 45.6 Å². The van der Waals surface area contributed by atoms with Crippen LogP contribution in [0.25, 0.3) is 6.08 Å². The van der Waals surface area contributed by atoms with Crippen LogP contribution in [-0.4, -0.2) is 22.6 Å². The molecule has 3 rings (SSSR count). The number of benzene rings is 2. The molecule has 1 aliphatic rings. The van der Waals surface area contributed by atoms with Crippen molar-refractivity contribution in [2.75, 3.05) is 0 Å². The fourth-order valence-corrected chi connectivity index (χ4v) is 3.62. The van der Waals surface area contributed by atoms with Crippen LogP contribution in [0.2, 0.25) is 0 Å². The number of esters is 2. The molecule has 7 nitrogen and oxygen atoms in total. The lowest BCUT2D eigenvalue weighted by Gasteiger charge is -2.29. The molecule has 11 heteroatoms. The fraction of sp³-hybridized carbons (Fsp3) is 0.200. The van der Waals surface area contributed by atoms with Gasteiger partial charge in [0.1, 0.15) is 5.57 Å². The Hall–Kier alpha value is -3.34. The Morgan fingerprint density at radius 2 is 1.71 bits per heavy atom. The molecule has 1 fully saturated rings. The minimum Gasteiger partial charge on any atom is -0.419 e. The molecule has 1 saturated heterocycles. The summed E-state index contributed by atoms with van der Waals surface area (Å²) in [5.41, 5.74) is -1.58. The Labute approximate surface area is 178 Å². The highest BCUT2D eigenvalue weighted by Crippen LogP contribution is 2.38. The van der Waals surface area contributed by atoms with E-state index >= 15 is 0 Å². The third kappa shape index (κ3) is 5.23. The van der Waals surface area contributed by atoms with Crippen LogP contribution in [0.5, 0.6) is 0 Å². The average molecular weight is 453 g/mol. The summed E-state index contributed by atoms with van der Waals surface area (Å²) in [6, 6.07) is 8.20. The van der Waals surface area contributed by atoms with Crippen molar-refractivity contribution in [3.8, 4) is 0 Å². The number of rotatable bonds is 4. The number of hydrogen-bond acceptors (Lipinski definition) is 7. The maximum Gasteiger partial charge on any atom is 0.416 e. The quantitative estimate of drug-likeness (QED) is 0.212. The third-order valence-corrected chi connectivity index (χ3v) is 5.05. The fourth-order valence-electron chi connectivity index (χ4n) is 2.66. The van der Waals surface area contributed by atoms with Gasteiger partial charge in [0.15, 0.2) is 0 Å². The number of ether oxygens (including phenoxy) is 2. The summed E-state index contributed by atoms with van der Waals surface area (Å²) in [5.74, 6) is -3.30. The second-order valence-electron chi connectivity index (χ2n) is 6.85. The minimum absolute atomic E-state index is 0.0846. The van der Waals surface area contributed by atoms with Crippen LogP contribution in [0.1, 0.15) is 25.0 Å². The van der Waals surface area contributed by atoms with Crippen LogP contribution >= 0.6 is 11.8 Å².